The number of nitrogens with zero attached hydrogens (tertiary/aromatic N) is 4. The number of piperidine rings is 1. The first-order chi connectivity index (χ1) is 17.4. The number of hydrogen-bond acceptors (Lipinski definition) is 5. The van der Waals surface area contributed by atoms with E-state index in [1.165, 1.54) is 0 Å². The van der Waals surface area contributed by atoms with Crippen molar-refractivity contribution >= 4 is 22.5 Å². The molecule has 7 nitrogen and oxygen atoms in total. The van der Waals surface area contributed by atoms with Gasteiger partial charge in [-0.15, -0.1) is 0 Å². The number of anilines is 1. The molecule has 1 aromatic carbocycles. The fourth-order valence-electron chi connectivity index (χ4n) is 4.36. The van der Waals surface area contributed by atoms with Gasteiger partial charge in [-0.25, -0.2) is 4.98 Å². The van der Waals surface area contributed by atoms with Gasteiger partial charge in [0.1, 0.15) is 5.82 Å². The average Bonchev–Trinajstić information content (AvgIpc) is 3.38. The predicted octanol–water partition coefficient (Wildman–Crippen LogP) is 5.10. The van der Waals surface area contributed by atoms with Gasteiger partial charge in [0.15, 0.2) is 0 Å². The smallest absolute Gasteiger partial charge is 0.250 e. The van der Waals surface area contributed by atoms with Crippen LogP contribution in [0.15, 0.2) is 91.1 Å². The van der Waals surface area contributed by atoms with Crippen LogP contribution in [-0.2, 0) is 4.79 Å². The maximum Gasteiger partial charge on any atom is 0.250 e. The van der Waals surface area contributed by atoms with Gasteiger partial charge in [0, 0.05) is 41.7 Å². The summed E-state index contributed by atoms with van der Waals surface area (Å²) >= 11 is 0. The van der Waals surface area contributed by atoms with E-state index >= 15 is 0 Å². The number of benzene rings is 1. The van der Waals surface area contributed by atoms with Crippen molar-refractivity contribution in [1.29, 1.82) is 0 Å². The molecular weight excluding hydrogens is 448 g/mol. The Balaban J connectivity index is 1.49. The lowest BCUT2D eigenvalue weighted by Crippen LogP contribution is -2.31. The van der Waals surface area contributed by atoms with Gasteiger partial charge < -0.3 is 15.5 Å². The van der Waals surface area contributed by atoms with Crippen molar-refractivity contribution < 1.29 is 4.79 Å². The Bertz CT molecular complexity index is 1340. The van der Waals surface area contributed by atoms with Crippen LogP contribution in [0.25, 0.3) is 21.9 Å². The highest BCUT2D eigenvalue weighted by molar-refractivity contribution is 5.95. The van der Waals surface area contributed by atoms with E-state index < -0.39 is 0 Å². The summed E-state index contributed by atoms with van der Waals surface area (Å²) in [5, 5.41) is 12.7. The number of carbonyl (C=O) groups excluding carboxylic acids is 1. The van der Waals surface area contributed by atoms with Crippen LogP contribution in [0.3, 0.4) is 0 Å². The van der Waals surface area contributed by atoms with E-state index in [9.17, 15) is 4.79 Å². The summed E-state index contributed by atoms with van der Waals surface area (Å²) in [6.45, 7) is 12.1. The number of fused-ring (bicyclic) bond motifs is 1. The number of allylic oxidation sites excluding steroid dienone is 2. The van der Waals surface area contributed by atoms with Crippen molar-refractivity contribution in [3.05, 3.63) is 91.1 Å². The second-order valence-corrected chi connectivity index (χ2v) is 9.16. The van der Waals surface area contributed by atoms with E-state index in [0.717, 1.165) is 53.4 Å². The van der Waals surface area contributed by atoms with E-state index in [0.29, 0.717) is 23.1 Å². The fourth-order valence-corrected chi connectivity index (χ4v) is 4.36. The molecule has 1 aliphatic rings. The highest BCUT2D eigenvalue weighted by Crippen LogP contribution is 2.28. The van der Waals surface area contributed by atoms with Crippen molar-refractivity contribution in [2.75, 3.05) is 32.5 Å². The first-order valence-electron chi connectivity index (χ1n) is 12.2. The quantitative estimate of drug-likeness (QED) is 0.345. The summed E-state index contributed by atoms with van der Waals surface area (Å²) in [4.78, 5) is 18.6. The zero-order valence-electron chi connectivity index (χ0n) is 21.3. The van der Waals surface area contributed by atoms with E-state index in [2.05, 4.69) is 74.9 Å². The van der Waals surface area contributed by atoms with Crippen LogP contribution in [0.4, 0.5) is 5.82 Å². The van der Waals surface area contributed by atoms with Gasteiger partial charge >= 0.3 is 0 Å². The number of hydrogen-bond donors (Lipinski definition) is 2. The summed E-state index contributed by atoms with van der Waals surface area (Å²) < 4.78 is 2.13. The molecule has 2 N–H and O–H groups in total. The highest BCUT2D eigenvalue weighted by Gasteiger charge is 2.19. The van der Waals surface area contributed by atoms with Crippen LogP contribution in [0.5, 0.6) is 0 Å². The third-order valence-corrected chi connectivity index (χ3v) is 6.64. The number of nitrogens with one attached hydrogen (secondary N) is 2. The third-order valence-electron chi connectivity index (χ3n) is 6.64. The molecule has 0 spiro atoms. The molecule has 0 radical (unpaired) electrons. The molecule has 1 amide bonds. The van der Waals surface area contributed by atoms with Gasteiger partial charge in [-0.1, -0.05) is 37.4 Å². The van der Waals surface area contributed by atoms with Gasteiger partial charge in [-0.05, 0) is 74.6 Å². The summed E-state index contributed by atoms with van der Waals surface area (Å²) in [6, 6.07) is 8.86. The molecule has 1 fully saturated rings. The van der Waals surface area contributed by atoms with Gasteiger partial charge in [-0.2, -0.15) is 5.10 Å². The van der Waals surface area contributed by atoms with Crippen molar-refractivity contribution in [3.8, 4) is 11.1 Å². The summed E-state index contributed by atoms with van der Waals surface area (Å²) in [5.74, 6) is 0.480. The van der Waals surface area contributed by atoms with Crippen molar-refractivity contribution in [2.24, 2.45) is 0 Å². The van der Waals surface area contributed by atoms with Crippen LogP contribution in [0.1, 0.15) is 25.8 Å². The number of amides is 1. The molecule has 1 aliphatic heterocycles. The maximum atomic E-state index is 11.7. The molecule has 0 saturated carbocycles. The normalized spacial score (nSPS) is 15.4. The lowest BCUT2D eigenvalue weighted by atomic mass is 10.0. The second kappa shape index (κ2) is 11.2. The minimum atomic E-state index is -0.218. The molecular formula is C29H34N6O. The lowest BCUT2D eigenvalue weighted by molar-refractivity contribution is -0.116. The standard InChI is InChI=1S/C29H34N6O/c1-6-22(8-7-20(2)29(36)30-4)21(3)33-28-16-25-15-23(9-10-24(25)17-31-28)26-18-32-35(19-26)27-11-13-34(5)14-12-27/h6-10,15-19,27H,2-3,11-14H2,1,4-5H3,(H,30,36)(H,31,33)/b8-7-,22-6+. The van der Waals surface area contributed by atoms with Crippen molar-refractivity contribution in [3.63, 3.8) is 0 Å². The molecule has 186 valence electrons. The Labute approximate surface area is 212 Å². The second-order valence-electron chi connectivity index (χ2n) is 9.16. The third kappa shape index (κ3) is 5.80. The number of likely N-dealkylation sites (N-methyl/N-ethyl adjacent to an activating group) is 1. The van der Waals surface area contributed by atoms with Crippen LogP contribution in [0.2, 0.25) is 0 Å². The molecule has 3 aromatic rings. The largest absolute Gasteiger partial charge is 0.355 e. The topological polar surface area (TPSA) is 75.1 Å². The number of carbonyl (C=O) groups is 1. The van der Waals surface area contributed by atoms with Gasteiger partial charge in [0.05, 0.1) is 12.2 Å². The fraction of sp³-hybridized carbons (Fsp3) is 0.276. The van der Waals surface area contributed by atoms with Crippen LogP contribution in [-0.4, -0.2) is 52.8 Å². The van der Waals surface area contributed by atoms with E-state index in [-0.39, 0.29) is 5.91 Å². The van der Waals surface area contributed by atoms with E-state index in [4.69, 9.17) is 0 Å². The van der Waals surface area contributed by atoms with Gasteiger partial charge in [-0.3, -0.25) is 9.48 Å². The molecule has 7 heteroatoms. The number of pyridine rings is 1. The molecule has 1 saturated heterocycles. The molecule has 36 heavy (non-hydrogen) atoms. The Morgan fingerprint density at radius 3 is 2.58 bits per heavy atom. The molecule has 0 unspecified atom stereocenters. The number of likely N-dealkylation sites (tertiary alicyclic amines) is 1. The first kappa shape index (κ1) is 25.1. The minimum Gasteiger partial charge on any atom is -0.355 e. The first-order valence-corrected chi connectivity index (χ1v) is 12.2. The number of aromatic nitrogens is 3. The highest BCUT2D eigenvalue weighted by atomic mass is 16.1. The van der Waals surface area contributed by atoms with Crippen molar-refractivity contribution in [2.45, 2.75) is 25.8 Å². The van der Waals surface area contributed by atoms with Gasteiger partial charge in [0.25, 0.3) is 0 Å². The van der Waals surface area contributed by atoms with Gasteiger partial charge in [0.2, 0.25) is 5.91 Å². The zero-order chi connectivity index (χ0) is 25.7. The SMILES string of the molecule is C=C(/C=C\C(=C/C)C(=C)Nc1cc2cc(-c3cnn(C4CCN(C)CC4)c3)ccc2cn1)C(=O)NC. The molecule has 4 rings (SSSR count). The monoisotopic (exact) mass is 482 g/mol. The molecule has 2 aromatic heterocycles. The summed E-state index contributed by atoms with van der Waals surface area (Å²) in [7, 11) is 3.75. The van der Waals surface area contributed by atoms with E-state index in [1.54, 1.807) is 13.1 Å². The molecule has 0 atom stereocenters. The zero-order valence-corrected chi connectivity index (χ0v) is 21.3. The maximum absolute atomic E-state index is 11.7. The Hall–Kier alpha value is -3.97. The Morgan fingerprint density at radius 1 is 1.08 bits per heavy atom. The molecule has 0 aliphatic carbocycles. The van der Waals surface area contributed by atoms with Crippen LogP contribution >= 0.6 is 0 Å². The Kier molecular flexibility index (Phi) is 7.80. The minimum absolute atomic E-state index is 0.218. The Morgan fingerprint density at radius 2 is 1.86 bits per heavy atom. The van der Waals surface area contributed by atoms with Crippen LogP contribution in [0, 0.1) is 0 Å². The average molecular weight is 483 g/mol. The number of rotatable bonds is 8. The summed E-state index contributed by atoms with van der Waals surface area (Å²) in [6.07, 6.45) is 13.6. The van der Waals surface area contributed by atoms with Crippen molar-refractivity contribution in [1.82, 2.24) is 25.0 Å². The lowest BCUT2D eigenvalue weighted by Gasteiger charge is -2.28. The van der Waals surface area contributed by atoms with E-state index in [1.807, 2.05) is 37.5 Å². The van der Waals surface area contributed by atoms with Crippen LogP contribution < -0.4 is 10.6 Å². The predicted molar refractivity (Wildman–Crippen MR) is 148 cm³/mol. The molecule has 3 heterocycles. The summed E-state index contributed by atoms with van der Waals surface area (Å²) in [5.41, 5.74) is 4.14. The molecule has 0 bridgehead atoms.